The van der Waals surface area contributed by atoms with Crippen molar-refractivity contribution in [2.45, 2.75) is 25.7 Å². The molecule has 0 radical (unpaired) electrons. The van der Waals surface area contributed by atoms with Gasteiger partial charge in [0.1, 0.15) is 0 Å². The predicted molar refractivity (Wildman–Crippen MR) is 68.9 cm³/mol. The molecule has 0 aromatic carbocycles. The Kier molecular flexibility index (Phi) is 3.84. The van der Waals surface area contributed by atoms with Gasteiger partial charge < -0.3 is 10.5 Å². The number of carbonyl (C=O) groups is 1. The largest absolute Gasteiger partial charge is 0.469 e. The average molecular weight is 253 g/mol. The van der Waals surface area contributed by atoms with Crippen LogP contribution in [0.25, 0.3) is 0 Å². The second kappa shape index (κ2) is 5.19. The Morgan fingerprint density at radius 3 is 2.88 bits per heavy atom. The average Bonchev–Trinajstić information content (AvgIpc) is 3.07. The van der Waals surface area contributed by atoms with Crippen LogP contribution in [0.3, 0.4) is 0 Å². The quantitative estimate of drug-likeness (QED) is 0.791. The zero-order valence-electron chi connectivity index (χ0n) is 10.1. The van der Waals surface area contributed by atoms with Crippen molar-refractivity contribution in [3.05, 3.63) is 22.4 Å². The summed E-state index contributed by atoms with van der Waals surface area (Å²) >= 11 is 1.69. The van der Waals surface area contributed by atoms with Crippen LogP contribution in [0.1, 0.15) is 24.8 Å². The zero-order valence-corrected chi connectivity index (χ0v) is 11.0. The molecule has 0 spiro atoms. The summed E-state index contributed by atoms with van der Waals surface area (Å²) in [6.45, 7) is 0.397. The fourth-order valence-electron chi connectivity index (χ4n) is 2.47. The van der Waals surface area contributed by atoms with Crippen LogP contribution in [-0.4, -0.2) is 19.6 Å². The van der Waals surface area contributed by atoms with E-state index >= 15 is 0 Å². The molecule has 0 saturated heterocycles. The Hall–Kier alpha value is -0.870. The topological polar surface area (TPSA) is 52.3 Å². The van der Waals surface area contributed by atoms with Gasteiger partial charge in [0.25, 0.3) is 0 Å². The highest BCUT2D eigenvalue weighted by atomic mass is 32.1. The summed E-state index contributed by atoms with van der Waals surface area (Å²) in [5, 5.41) is 4.19. The van der Waals surface area contributed by atoms with Crippen molar-refractivity contribution in [2.24, 2.45) is 17.1 Å². The summed E-state index contributed by atoms with van der Waals surface area (Å²) in [5.74, 6) is 0.302. The standard InChI is InChI=1S/C13H19NO2S/c1-16-12(15)13(9-14,11-2-3-11)6-4-10-5-7-17-8-10/h5,7-8,11H,2-4,6,9,14H2,1H3. The molecule has 0 bridgehead atoms. The number of methoxy groups -OCH3 is 1. The van der Waals surface area contributed by atoms with Crippen molar-refractivity contribution >= 4 is 17.3 Å². The third kappa shape index (κ3) is 2.53. The Morgan fingerprint density at radius 1 is 1.65 bits per heavy atom. The first kappa shape index (κ1) is 12.6. The van der Waals surface area contributed by atoms with E-state index < -0.39 is 5.41 Å². The molecule has 1 unspecified atom stereocenters. The molecule has 1 saturated carbocycles. The summed E-state index contributed by atoms with van der Waals surface area (Å²) < 4.78 is 4.96. The van der Waals surface area contributed by atoms with E-state index in [9.17, 15) is 4.79 Å². The molecular formula is C13H19NO2S. The monoisotopic (exact) mass is 253 g/mol. The molecule has 0 amide bonds. The lowest BCUT2D eigenvalue weighted by molar-refractivity contribution is -0.154. The van der Waals surface area contributed by atoms with Crippen LogP contribution < -0.4 is 5.73 Å². The van der Waals surface area contributed by atoms with Crippen LogP contribution in [0.4, 0.5) is 0 Å². The molecule has 1 fully saturated rings. The van der Waals surface area contributed by atoms with Gasteiger partial charge in [-0.05, 0) is 54.0 Å². The third-order valence-corrected chi connectivity index (χ3v) is 4.49. The maximum atomic E-state index is 12.0. The first-order valence-corrected chi connectivity index (χ1v) is 6.97. The fourth-order valence-corrected chi connectivity index (χ4v) is 3.17. The Labute approximate surface area is 106 Å². The van der Waals surface area contributed by atoms with E-state index in [0.717, 1.165) is 25.7 Å². The second-order valence-electron chi connectivity index (χ2n) is 4.76. The number of nitrogens with two attached hydrogens (primary N) is 1. The minimum Gasteiger partial charge on any atom is -0.469 e. The molecule has 2 rings (SSSR count). The number of carbonyl (C=O) groups excluding carboxylic acids is 1. The first-order valence-electron chi connectivity index (χ1n) is 6.02. The summed E-state index contributed by atoms with van der Waals surface area (Å²) in [6.07, 6.45) is 3.93. The van der Waals surface area contributed by atoms with Gasteiger partial charge in [-0.2, -0.15) is 11.3 Å². The Balaban J connectivity index is 2.07. The highest BCUT2D eigenvalue weighted by Gasteiger charge is 2.50. The number of esters is 1. The molecule has 3 nitrogen and oxygen atoms in total. The van der Waals surface area contributed by atoms with E-state index in [1.165, 1.54) is 12.7 Å². The number of aryl methyl sites for hydroxylation is 1. The molecule has 1 aliphatic carbocycles. The van der Waals surface area contributed by atoms with Crippen LogP contribution in [0.15, 0.2) is 16.8 Å². The molecule has 1 aromatic rings. The van der Waals surface area contributed by atoms with Gasteiger partial charge in [0.15, 0.2) is 0 Å². The van der Waals surface area contributed by atoms with Gasteiger partial charge in [-0.1, -0.05) is 0 Å². The number of hydrogen-bond acceptors (Lipinski definition) is 4. The van der Waals surface area contributed by atoms with Gasteiger partial charge in [0, 0.05) is 6.54 Å². The van der Waals surface area contributed by atoms with Crippen molar-refractivity contribution in [2.75, 3.05) is 13.7 Å². The molecule has 17 heavy (non-hydrogen) atoms. The van der Waals surface area contributed by atoms with Gasteiger partial charge >= 0.3 is 5.97 Å². The Morgan fingerprint density at radius 2 is 2.41 bits per heavy atom. The van der Waals surface area contributed by atoms with Crippen molar-refractivity contribution in [1.82, 2.24) is 0 Å². The first-order chi connectivity index (χ1) is 8.23. The van der Waals surface area contributed by atoms with E-state index in [-0.39, 0.29) is 5.97 Å². The van der Waals surface area contributed by atoms with Crippen molar-refractivity contribution in [3.63, 3.8) is 0 Å². The number of ether oxygens (including phenoxy) is 1. The van der Waals surface area contributed by atoms with Gasteiger partial charge in [0.2, 0.25) is 0 Å². The summed E-state index contributed by atoms with van der Waals surface area (Å²) in [6, 6.07) is 2.11. The molecule has 1 aromatic heterocycles. The van der Waals surface area contributed by atoms with E-state index in [4.69, 9.17) is 10.5 Å². The zero-order chi connectivity index (χ0) is 12.3. The van der Waals surface area contributed by atoms with E-state index in [1.807, 2.05) is 0 Å². The lowest BCUT2D eigenvalue weighted by Gasteiger charge is -2.29. The normalized spacial score (nSPS) is 18.7. The second-order valence-corrected chi connectivity index (χ2v) is 5.54. The molecule has 1 aliphatic rings. The predicted octanol–water partition coefficient (Wildman–Crippen LogP) is 2.21. The minimum absolute atomic E-state index is 0.127. The van der Waals surface area contributed by atoms with Gasteiger partial charge in [0.05, 0.1) is 12.5 Å². The lowest BCUT2D eigenvalue weighted by Crippen LogP contribution is -2.42. The van der Waals surface area contributed by atoms with Crippen LogP contribution in [0.5, 0.6) is 0 Å². The number of rotatable bonds is 6. The van der Waals surface area contributed by atoms with E-state index in [2.05, 4.69) is 16.8 Å². The van der Waals surface area contributed by atoms with E-state index in [1.54, 1.807) is 11.3 Å². The van der Waals surface area contributed by atoms with Crippen LogP contribution in [0, 0.1) is 11.3 Å². The summed E-state index contributed by atoms with van der Waals surface area (Å²) in [4.78, 5) is 12.0. The molecule has 2 N–H and O–H groups in total. The lowest BCUT2D eigenvalue weighted by atomic mass is 9.77. The third-order valence-electron chi connectivity index (χ3n) is 3.75. The molecule has 1 heterocycles. The maximum absolute atomic E-state index is 12.0. The van der Waals surface area contributed by atoms with Gasteiger partial charge in [-0.15, -0.1) is 0 Å². The van der Waals surface area contributed by atoms with Crippen LogP contribution >= 0.6 is 11.3 Å². The molecule has 94 valence electrons. The minimum atomic E-state index is -0.448. The SMILES string of the molecule is COC(=O)C(CN)(CCc1ccsc1)C1CC1. The van der Waals surface area contributed by atoms with Gasteiger partial charge in [-0.3, -0.25) is 4.79 Å². The smallest absolute Gasteiger partial charge is 0.313 e. The van der Waals surface area contributed by atoms with Crippen LogP contribution in [-0.2, 0) is 16.0 Å². The van der Waals surface area contributed by atoms with Crippen LogP contribution in [0.2, 0.25) is 0 Å². The summed E-state index contributed by atoms with van der Waals surface area (Å²) in [7, 11) is 1.46. The Bertz CT molecular complexity index is 373. The van der Waals surface area contributed by atoms with Crippen molar-refractivity contribution < 1.29 is 9.53 Å². The van der Waals surface area contributed by atoms with Crippen molar-refractivity contribution in [3.8, 4) is 0 Å². The highest BCUT2D eigenvalue weighted by Crippen LogP contribution is 2.48. The molecule has 1 atom stereocenters. The summed E-state index contributed by atoms with van der Waals surface area (Å²) in [5.41, 5.74) is 6.71. The fraction of sp³-hybridized carbons (Fsp3) is 0.615. The molecular weight excluding hydrogens is 234 g/mol. The van der Waals surface area contributed by atoms with Crippen molar-refractivity contribution in [1.29, 1.82) is 0 Å². The van der Waals surface area contributed by atoms with Gasteiger partial charge in [-0.25, -0.2) is 0 Å². The maximum Gasteiger partial charge on any atom is 0.313 e. The molecule has 0 aliphatic heterocycles. The number of hydrogen-bond donors (Lipinski definition) is 1. The number of thiophene rings is 1. The molecule has 4 heteroatoms. The van der Waals surface area contributed by atoms with E-state index in [0.29, 0.717) is 12.5 Å². The highest BCUT2D eigenvalue weighted by molar-refractivity contribution is 7.07.